The van der Waals surface area contributed by atoms with Gasteiger partial charge in [0.2, 0.25) is 5.82 Å². The lowest BCUT2D eigenvalue weighted by Crippen LogP contribution is -2.39. The van der Waals surface area contributed by atoms with Crippen LogP contribution in [0.25, 0.3) is 5.65 Å². The fourth-order valence-corrected chi connectivity index (χ4v) is 4.01. The summed E-state index contributed by atoms with van der Waals surface area (Å²) in [5.41, 5.74) is -0.362. The Morgan fingerprint density at radius 3 is 2.52 bits per heavy atom. The molecule has 0 unspecified atom stereocenters. The van der Waals surface area contributed by atoms with E-state index in [2.05, 4.69) is 26.1 Å². The maximum atomic E-state index is 13.6. The number of benzene rings is 1. The van der Waals surface area contributed by atoms with Crippen LogP contribution in [-0.2, 0) is 6.18 Å². The Morgan fingerprint density at radius 2 is 1.83 bits per heavy atom. The van der Waals surface area contributed by atoms with Crippen LogP contribution in [0.3, 0.4) is 0 Å². The van der Waals surface area contributed by atoms with Crippen LogP contribution in [0.15, 0.2) is 41.0 Å². The molecule has 10 heteroatoms. The number of pyridine rings is 1. The van der Waals surface area contributed by atoms with Crippen molar-refractivity contribution in [3.8, 4) is 0 Å². The third-order valence-corrected chi connectivity index (χ3v) is 5.57. The summed E-state index contributed by atoms with van der Waals surface area (Å²) in [5, 5.41) is 7.91. The minimum Gasteiger partial charge on any atom is -0.336 e. The van der Waals surface area contributed by atoms with E-state index in [0.717, 1.165) is 22.7 Å². The summed E-state index contributed by atoms with van der Waals surface area (Å²) in [7, 11) is 0. The molecule has 1 aromatic carbocycles. The SMILES string of the molecule is O=C(c1nnc2ccc(Br)cn12)N1CCC(c2cc(F)ccc2C(F)(F)F)CC1. The predicted octanol–water partition coefficient (Wildman–Crippen LogP) is 4.67. The van der Waals surface area contributed by atoms with E-state index >= 15 is 0 Å². The van der Waals surface area contributed by atoms with Crippen molar-refractivity contribution < 1.29 is 22.4 Å². The summed E-state index contributed by atoms with van der Waals surface area (Å²) in [6.07, 6.45) is -2.26. The van der Waals surface area contributed by atoms with Gasteiger partial charge < -0.3 is 4.90 Å². The molecule has 0 aliphatic carbocycles. The largest absolute Gasteiger partial charge is 0.416 e. The van der Waals surface area contributed by atoms with Gasteiger partial charge in [0.25, 0.3) is 5.91 Å². The molecule has 4 rings (SSSR count). The van der Waals surface area contributed by atoms with Gasteiger partial charge in [-0.15, -0.1) is 10.2 Å². The maximum absolute atomic E-state index is 13.6. The number of halogens is 5. The number of hydrogen-bond acceptors (Lipinski definition) is 3. The highest BCUT2D eigenvalue weighted by Gasteiger charge is 2.37. The van der Waals surface area contributed by atoms with Crippen LogP contribution < -0.4 is 0 Å². The molecule has 5 nitrogen and oxygen atoms in total. The number of amides is 1. The third kappa shape index (κ3) is 3.85. The molecule has 0 saturated carbocycles. The molecular weight excluding hydrogens is 456 g/mol. The first-order valence-electron chi connectivity index (χ1n) is 8.90. The lowest BCUT2D eigenvalue weighted by atomic mass is 9.86. The van der Waals surface area contributed by atoms with Crippen molar-refractivity contribution >= 4 is 27.5 Å². The van der Waals surface area contributed by atoms with E-state index in [0.29, 0.717) is 18.5 Å². The van der Waals surface area contributed by atoms with E-state index in [-0.39, 0.29) is 30.4 Å². The van der Waals surface area contributed by atoms with Gasteiger partial charge in [-0.1, -0.05) is 0 Å². The van der Waals surface area contributed by atoms with Crippen molar-refractivity contribution in [3.05, 3.63) is 63.8 Å². The van der Waals surface area contributed by atoms with Crippen molar-refractivity contribution in [2.24, 2.45) is 0 Å². The van der Waals surface area contributed by atoms with Gasteiger partial charge in [0.1, 0.15) is 5.82 Å². The zero-order valence-corrected chi connectivity index (χ0v) is 16.5. The van der Waals surface area contributed by atoms with Gasteiger partial charge in [0.05, 0.1) is 5.56 Å². The molecule has 0 radical (unpaired) electrons. The molecule has 1 saturated heterocycles. The van der Waals surface area contributed by atoms with Crippen LogP contribution in [0.2, 0.25) is 0 Å². The highest BCUT2D eigenvalue weighted by Crippen LogP contribution is 2.39. The molecular formula is C19H15BrF4N4O. The second-order valence-corrected chi connectivity index (χ2v) is 7.81. The number of fused-ring (bicyclic) bond motifs is 1. The molecule has 152 valence electrons. The van der Waals surface area contributed by atoms with Crippen molar-refractivity contribution in [1.29, 1.82) is 0 Å². The Balaban J connectivity index is 1.53. The van der Waals surface area contributed by atoms with Crippen LogP contribution >= 0.6 is 15.9 Å². The van der Waals surface area contributed by atoms with Crippen molar-refractivity contribution in [2.75, 3.05) is 13.1 Å². The van der Waals surface area contributed by atoms with Gasteiger partial charge in [0, 0.05) is 23.8 Å². The Kier molecular flexibility index (Phi) is 5.05. The van der Waals surface area contributed by atoms with Crippen molar-refractivity contribution in [1.82, 2.24) is 19.5 Å². The lowest BCUT2D eigenvalue weighted by Gasteiger charge is -2.32. The number of rotatable bonds is 2. The average Bonchev–Trinajstić information content (AvgIpc) is 3.09. The highest BCUT2D eigenvalue weighted by atomic mass is 79.9. The molecule has 0 atom stereocenters. The second-order valence-electron chi connectivity index (χ2n) is 6.89. The lowest BCUT2D eigenvalue weighted by molar-refractivity contribution is -0.138. The van der Waals surface area contributed by atoms with Crippen LogP contribution in [0.4, 0.5) is 17.6 Å². The highest BCUT2D eigenvalue weighted by molar-refractivity contribution is 9.10. The number of piperidine rings is 1. The van der Waals surface area contributed by atoms with Gasteiger partial charge in [0.15, 0.2) is 5.65 Å². The van der Waals surface area contributed by atoms with Crippen molar-refractivity contribution in [2.45, 2.75) is 24.9 Å². The number of alkyl halides is 3. The Bertz CT molecular complexity index is 1070. The van der Waals surface area contributed by atoms with E-state index in [9.17, 15) is 22.4 Å². The molecule has 1 amide bonds. The molecule has 3 aromatic rings. The molecule has 0 bridgehead atoms. The smallest absolute Gasteiger partial charge is 0.336 e. The van der Waals surface area contributed by atoms with E-state index < -0.39 is 23.5 Å². The van der Waals surface area contributed by atoms with Crippen LogP contribution in [-0.4, -0.2) is 38.5 Å². The molecule has 1 fully saturated rings. The first kappa shape index (κ1) is 19.8. The summed E-state index contributed by atoms with van der Waals surface area (Å²) in [5.74, 6) is -1.38. The molecule has 29 heavy (non-hydrogen) atoms. The monoisotopic (exact) mass is 470 g/mol. The van der Waals surface area contributed by atoms with Crippen LogP contribution in [0.5, 0.6) is 0 Å². The second kappa shape index (κ2) is 7.40. The van der Waals surface area contributed by atoms with Gasteiger partial charge in [-0.05, 0) is 70.6 Å². The summed E-state index contributed by atoms with van der Waals surface area (Å²) in [4.78, 5) is 14.4. The topological polar surface area (TPSA) is 50.5 Å². The first-order chi connectivity index (χ1) is 13.7. The maximum Gasteiger partial charge on any atom is 0.416 e. The molecule has 3 heterocycles. The Labute approximate surface area is 171 Å². The normalized spacial score (nSPS) is 15.8. The zero-order valence-electron chi connectivity index (χ0n) is 15.0. The van der Waals surface area contributed by atoms with E-state index in [1.165, 1.54) is 0 Å². The summed E-state index contributed by atoms with van der Waals surface area (Å²) >= 11 is 3.33. The Hall–Kier alpha value is -2.49. The van der Waals surface area contributed by atoms with Crippen LogP contribution in [0.1, 0.15) is 40.5 Å². The summed E-state index contributed by atoms with van der Waals surface area (Å²) in [6.45, 7) is 0.500. The molecule has 2 aromatic heterocycles. The number of hydrogen-bond donors (Lipinski definition) is 0. The van der Waals surface area contributed by atoms with Gasteiger partial charge in [-0.3, -0.25) is 9.20 Å². The number of likely N-dealkylation sites (tertiary alicyclic amines) is 1. The average molecular weight is 471 g/mol. The number of carbonyl (C=O) groups excluding carboxylic acids is 1. The molecule has 1 aliphatic heterocycles. The quantitative estimate of drug-likeness (QED) is 0.511. The predicted molar refractivity (Wildman–Crippen MR) is 100.0 cm³/mol. The minimum absolute atomic E-state index is 0.0542. The fourth-order valence-electron chi connectivity index (χ4n) is 3.68. The summed E-state index contributed by atoms with van der Waals surface area (Å²) < 4.78 is 55.8. The van der Waals surface area contributed by atoms with Gasteiger partial charge >= 0.3 is 6.18 Å². The third-order valence-electron chi connectivity index (χ3n) is 5.10. The number of carbonyl (C=O) groups is 1. The van der Waals surface area contributed by atoms with E-state index in [1.807, 2.05) is 0 Å². The number of nitrogens with zero attached hydrogens (tertiary/aromatic N) is 4. The molecule has 0 N–H and O–H groups in total. The van der Waals surface area contributed by atoms with E-state index in [4.69, 9.17) is 0 Å². The van der Waals surface area contributed by atoms with E-state index in [1.54, 1.807) is 27.6 Å². The van der Waals surface area contributed by atoms with Crippen LogP contribution in [0, 0.1) is 5.82 Å². The molecule has 0 spiro atoms. The van der Waals surface area contributed by atoms with Crippen molar-refractivity contribution in [3.63, 3.8) is 0 Å². The standard InChI is InChI=1S/C19H15BrF4N4O/c20-12-1-4-16-25-26-17(28(16)10-12)18(29)27-7-5-11(6-8-27)14-9-13(21)2-3-15(14)19(22,23)24/h1-4,9-11H,5-8H2. The zero-order chi connectivity index (χ0) is 20.8. The van der Waals surface area contributed by atoms with Gasteiger partial charge in [-0.2, -0.15) is 13.2 Å². The first-order valence-corrected chi connectivity index (χ1v) is 9.69. The van der Waals surface area contributed by atoms with Gasteiger partial charge in [-0.25, -0.2) is 4.39 Å². The molecule has 1 aliphatic rings. The number of aromatic nitrogens is 3. The fraction of sp³-hybridized carbons (Fsp3) is 0.316. The minimum atomic E-state index is -4.55. The Morgan fingerprint density at radius 1 is 1.10 bits per heavy atom. The summed E-state index contributed by atoms with van der Waals surface area (Å²) in [6, 6.07) is 6.04.